The maximum absolute atomic E-state index is 4.43. The molecule has 0 radical (unpaired) electrons. The molecule has 4 heteroatoms. The van der Waals surface area contributed by atoms with Crippen LogP contribution in [0.15, 0.2) is 48.5 Å². The second kappa shape index (κ2) is 7.65. The van der Waals surface area contributed by atoms with Crippen LogP contribution in [-0.4, -0.2) is 32.8 Å². The average molecular weight is 361 g/mol. The summed E-state index contributed by atoms with van der Waals surface area (Å²) in [5.41, 5.74) is 5.32. The van der Waals surface area contributed by atoms with Crippen molar-refractivity contribution in [2.45, 2.75) is 46.2 Å². The third-order valence-electron chi connectivity index (χ3n) is 5.45. The topological polar surface area (TPSA) is 34.0 Å². The number of hydrogen-bond donors (Lipinski definition) is 0. The second-order valence-electron chi connectivity index (χ2n) is 7.82. The van der Waals surface area contributed by atoms with Crippen molar-refractivity contribution >= 4 is 0 Å². The van der Waals surface area contributed by atoms with Gasteiger partial charge in [-0.3, -0.25) is 4.90 Å². The summed E-state index contributed by atoms with van der Waals surface area (Å²) in [6, 6.07) is 17.6. The molecule has 2 aromatic carbocycles. The zero-order valence-corrected chi connectivity index (χ0v) is 16.5. The van der Waals surface area contributed by atoms with Crippen LogP contribution in [0.5, 0.6) is 0 Å². The molecule has 0 bridgehead atoms. The molecule has 1 aliphatic rings. The van der Waals surface area contributed by atoms with E-state index in [0.717, 1.165) is 44.2 Å². The number of hydrogen-bond acceptors (Lipinski definition) is 3. The first kappa shape index (κ1) is 17.9. The van der Waals surface area contributed by atoms with E-state index in [1.54, 1.807) is 0 Å². The summed E-state index contributed by atoms with van der Waals surface area (Å²) < 4.78 is 2.33. The van der Waals surface area contributed by atoms with Gasteiger partial charge >= 0.3 is 0 Å². The summed E-state index contributed by atoms with van der Waals surface area (Å²) in [6.07, 6.45) is 0.969. The monoisotopic (exact) mass is 360 g/mol. The Morgan fingerprint density at radius 3 is 2.63 bits per heavy atom. The highest BCUT2D eigenvalue weighted by Gasteiger charge is 2.20. The van der Waals surface area contributed by atoms with Crippen LogP contribution in [0.1, 0.15) is 42.5 Å². The zero-order chi connectivity index (χ0) is 18.8. The first-order chi connectivity index (χ1) is 13.1. The predicted molar refractivity (Wildman–Crippen MR) is 110 cm³/mol. The number of benzene rings is 2. The van der Waals surface area contributed by atoms with Gasteiger partial charge in [0.15, 0.2) is 0 Å². The Labute approximate surface area is 161 Å². The van der Waals surface area contributed by atoms with Gasteiger partial charge < -0.3 is 4.57 Å². The molecule has 0 aliphatic carbocycles. The first-order valence-electron chi connectivity index (χ1n) is 9.91. The van der Waals surface area contributed by atoms with E-state index in [2.05, 4.69) is 89.0 Å². The second-order valence-corrected chi connectivity index (χ2v) is 7.82. The highest BCUT2D eigenvalue weighted by Crippen LogP contribution is 2.25. The first-order valence-corrected chi connectivity index (χ1v) is 9.91. The Hall–Kier alpha value is -2.46. The lowest BCUT2D eigenvalue weighted by Crippen LogP contribution is -2.26. The van der Waals surface area contributed by atoms with Crippen LogP contribution in [-0.2, 0) is 19.5 Å². The fraction of sp³-hybridized carbons (Fsp3) is 0.391. The molecule has 0 amide bonds. The van der Waals surface area contributed by atoms with E-state index in [-0.39, 0.29) is 0 Å². The van der Waals surface area contributed by atoms with E-state index in [9.17, 15) is 0 Å². The molecule has 0 fully saturated rings. The molecule has 27 heavy (non-hydrogen) atoms. The largest absolute Gasteiger partial charge is 0.313 e. The predicted octanol–water partition coefficient (Wildman–Crippen LogP) is 4.44. The third-order valence-corrected chi connectivity index (χ3v) is 5.45. The van der Waals surface area contributed by atoms with Gasteiger partial charge in [-0.15, -0.1) is 10.2 Å². The SMILES string of the molecule is Cc1ccccc1-c1cccc(CN2CCc3nnc(C(C)C)n3CC2)c1. The van der Waals surface area contributed by atoms with Crippen LogP contribution in [0.4, 0.5) is 0 Å². The van der Waals surface area contributed by atoms with Crippen LogP contribution in [0.25, 0.3) is 11.1 Å². The van der Waals surface area contributed by atoms with Crippen LogP contribution < -0.4 is 0 Å². The van der Waals surface area contributed by atoms with E-state index >= 15 is 0 Å². The van der Waals surface area contributed by atoms with Crippen molar-refractivity contribution in [3.63, 3.8) is 0 Å². The molecule has 0 saturated carbocycles. The molecule has 1 aliphatic heterocycles. The number of fused-ring (bicyclic) bond motifs is 1. The smallest absolute Gasteiger partial charge is 0.135 e. The fourth-order valence-electron chi connectivity index (χ4n) is 3.97. The number of aromatic nitrogens is 3. The summed E-state index contributed by atoms with van der Waals surface area (Å²) in [7, 11) is 0. The van der Waals surface area contributed by atoms with Crippen molar-refractivity contribution in [3.05, 3.63) is 71.3 Å². The van der Waals surface area contributed by atoms with Crippen LogP contribution in [0.3, 0.4) is 0 Å². The van der Waals surface area contributed by atoms with Crippen LogP contribution >= 0.6 is 0 Å². The standard InChI is InChI=1S/C23H28N4/c1-17(2)23-25-24-22-11-12-26(13-14-27(22)23)16-19-8-6-9-20(15-19)21-10-5-4-7-18(21)3/h4-10,15,17H,11-14,16H2,1-3H3. The van der Waals surface area contributed by atoms with Gasteiger partial charge in [-0.25, -0.2) is 0 Å². The summed E-state index contributed by atoms with van der Waals surface area (Å²) in [5.74, 6) is 2.67. The van der Waals surface area contributed by atoms with Gasteiger partial charge in [0.25, 0.3) is 0 Å². The van der Waals surface area contributed by atoms with Gasteiger partial charge in [0.05, 0.1) is 0 Å². The third kappa shape index (κ3) is 3.81. The molecule has 4 rings (SSSR count). The van der Waals surface area contributed by atoms with E-state index in [0.29, 0.717) is 5.92 Å². The van der Waals surface area contributed by atoms with Gasteiger partial charge in [-0.05, 0) is 35.2 Å². The van der Waals surface area contributed by atoms with Gasteiger partial charge in [0, 0.05) is 38.5 Å². The molecule has 1 aromatic heterocycles. The highest BCUT2D eigenvalue weighted by atomic mass is 15.3. The Morgan fingerprint density at radius 1 is 0.963 bits per heavy atom. The van der Waals surface area contributed by atoms with Crippen molar-refractivity contribution in [2.75, 3.05) is 13.1 Å². The minimum Gasteiger partial charge on any atom is -0.313 e. The normalized spacial score (nSPS) is 15.0. The molecule has 140 valence electrons. The Bertz CT molecular complexity index is 926. The van der Waals surface area contributed by atoms with Crippen molar-refractivity contribution in [1.82, 2.24) is 19.7 Å². The number of aryl methyl sites for hydroxylation is 1. The van der Waals surface area contributed by atoms with Crippen molar-refractivity contribution in [2.24, 2.45) is 0 Å². The van der Waals surface area contributed by atoms with Gasteiger partial charge in [-0.1, -0.05) is 56.3 Å². The lowest BCUT2D eigenvalue weighted by molar-refractivity contribution is 0.270. The lowest BCUT2D eigenvalue weighted by atomic mass is 9.99. The fourth-order valence-corrected chi connectivity index (χ4v) is 3.97. The number of nitrogens with zero attached hydrogens (tertiary/aromatic N) is 4. The van der Waals surface area contributed by atoms with Crippen molar-refractivity contribution in [1.29, 1.82) is 0 Å². The van der Waals surface area contributed by atoms with Crippen molar-refractivity contribution in [3.8, 4) is 11.1 Å². The van der Waals surface area contributed by atoms with Crippen LogP contribution in [0.2, 0.25) is 0 Å². The zero-order valence-electron chi connectivity index (χ0n) is 16.5. The molecule has 0 saturated heterocycles. The lowest BCUT2D eigenvalue weighted by Gasteiger charge is -2.20. The van der Waals surface area contributed by atoms with Gasteiger partial charge in [0.1, 0.15) is 11.6 Å². The van der Waals surface area contributed by atoms with E-state index in [1.807, 2.05) is 0 Å². The van der Waals surface area contributed by atoms with Crippen LogP contribution in [0, 0.1) is 6.92 Å². The summed E-state index contributed by atoms with van der Waals surface area (Å²) in [5, 5.41) is 8.83. The molecule has 0 spiro atoms. The Kier molecular flexibility index (Phi) is 5.08. The van der Waals surface area contributed by atoms with E-state index in [4.69, 9.17) is 0 Å². The summed E-state index contributed by atoms with van der Waals surface area (Å²) >= 11 is 0. The average Bonchev–Trinajstić information content (AvgIpc) is 2.98. The van der Waals surface area contributed by atoms with Crippen molar-refractivity contribution < 1.29 is 0 Å². The number of rotatable bonds is 4. The minimum atomic E-state index is 0.420. The minimum absolute atomic E-state index is 0.420. The summed E-state index contributed by atoms with van der Waals surface area (Å²) in [4.78, 5) is 2.54. The molecule has 4 nitrogen and oxygen atoms in total. The van der Waals surface area contributed by atoms with Gasteiger partial charge in [0.2, 0.25) is 0 Å². The molecule has 0 N–H and O–H groups in total. The molecular formula is C23H28N4. The molecule has 3 aromatic rings. The molecule has 0 unspecified atom stereocenters. The summed E-state index contributed by atoms with van der Waals surface area (Å²) in [6.45, 7) is 10.6. The van der Waals surface area contributed by atoms with E-state index in [1.165, 1.54) is 22.3 Å². The molecule has 0 atom stereocenters. The Balaban J connectivity index is 1.49. The molecular weight excluding hydrogens is 332 g/mol. The quantitative estimate of drug-likeness (QED) is 0.690. The maximum Gasteiger partial charge on any atom is 0.135 e. The molecule has 2 heterocycles. The highest BCUT2D eigenvalue weighted by molar-refractivity contribution is 5.67. The Morgan fingerprint density at radius 2 is 1.81 bits per heavy atom. The van der Waals surface area contributed by atoms with E-state index < -0.39 is 0 Å². The maximum atomic E-state index is 4.43. The van der Waals surface area contributed by atoms with Gasteiger partial charge in [-0.2, -0.15) is 0 Å².